The number of nitrogens with zero attached hydrogens (tertiary/aromatic N) is 1. The standard InChI is InChI=1S/C13H18BrFN2O2S.ClH/c1-8-6-12(15)11(14)7-13(8)20(18,19)17-5-4-16-9(2)10(17)3;/h6-7,9-10,16H,4-5H2,1-3H3;1H. The third-order valence-electron chi connectivity index (χ3n) is 3.78. The first-order chi connectivity index (χ1) is 9.25. The van der Waals surface area contributed by atoms with Gasteiger partial charge in [0.15, 0.2) is 0 Å². The summed E-state index contributed by atoms with van der Waals surface area (Å²) in [6.45, 7) is 6.48. The Labute approximate surface area is 139 Å². The highest BCUT2D eigenvalue weighted by molar-refractivity contribution is 9.10. The van der Waals surface area contributed by atoms with E-state index < -0.39 is 15.8 Å². The summed E-state index contributed by atoms with van der Waals surface area (Å²) in [7, 11) is -3.62. The van der Waals surface area contributed by atoms with Gasteiger partial charge >= 0.3 is 0 Å². The zero-order chi connectivity index (χ0) is 15.1. The van der Waals surface area contributed by atoms with Crippen molar-refractivity contribution in [2.75, 3.05) is 13.1 Å². The van der Waals surface area contributed by atoms with Crippen LogP contribution in [0.5, 0.6) is 0 Å². The van der Waals surface area contributed by atoms with Crippen LogP contribution in [0.25, 0.3) is 0 Å². The Morgan fingerprint density at radius 2 is 2.00 bits per heavy atom. The molecule has 0 aliphatic carbocycles. The third-order valence-corrected chi connectivity index (χ3v) is 6.52. The van der Waals surface area contributed by atoms with Crippen molar-refractivity contribution >= 4 is 38.4 Å². The summed E-state index contributed by atoms with van der Waals surface area (Å²) in [5.74, 6) is -0.455. The summed E-state index contributed by atoms with van der Waals surface area (Å²) >= 11 is 3.05. The zero-order valence-corrected chi connectivity index (χ0v) is 15.3. The number of hydrogen-bond donors (Lipinski definition) is 1. The smallest absolute Gasteiger partial charge is 0.243 e. The van der Waals surface area contributed by atoms with E-state index in [4.69, 9.17) is 0 Å². The van der Waals surface area contributed by atoms with E-state index in [1.165, 1.54) is 16.4 Å². The average Bonchev–Trinajstić information content (AvgIpc) is 2.36. The average molecular weight is 402 g/mol. The van der Waals surface area contributed by atoms with Crippen LogP contribution in [0.3, 0.4) is 0 Å². The van der Waals surface area contributed by atoms with Crippen LogP contribution in [-0.2, 0) is 10.0 Å². The van der Waals surface area contributed by atoms with E-state index in [1.54, 1.807) is 6.92 Å². The highest BCUT2D eigenvalue weighted by Gasteiger charge is 2.35. The van der Waals surface area contributed by atoms with Gasteiger partial charge in [-0.1, -0.05) is 0 Å². The zero-order valence-electron chi connectivity index (χ0n) is 12.1. The summed E-state index contributed by atoms with van der Waals surface area (Å²) in [4.78, 5) is 0.159. The quantitative estimate of drug-likeness (QED) is 0.829. The van der Waals surface area contributed by atoms with E-state index in [-0.39, 0.29) is 33.9 Å². The predicted molar refractivity (Wildman–Crippen MR) is 86.9 cm³/mol. The number of halogens is 3. The van der Waals surface area contributed by atoms with Gasteiger partial charge in [0.25, 0.3) is 0 Å². The Morgan fingerprint density at radius 1 is 1.38 bits per heavy atom. The maximum absolute atomic E-state index is 13.5. The van der Waals surface area contributed by atoms with Crippen molar-refractivity contribution < 1.29 is 12.8 Å². The molecule has 0 saturated carbocycles. The van der Waals surface area contributed by atoms with Crippen LogP contribution in [0.2, 0.25) is 0 Å². The minimum atomic E-state index is -3.62. The molecule has 1 aromatic carbocycles. The molecule has 1 aliphatic heterocycles. The number of benzene rings is 1. The van der Waals surface area contributed by atoms with E-state index in [9.17, 15) is 12.8 Å². The summed E-state index contributed by atoms with van der Waals surface area (Å²) in [6.07, 6.45) is 0. The fourth-order valence-corrected chi connectivity index (χ4v) is 4.83. The van der Waals surface area contributed by atoms with Crippen LogP contribution in [0, 0.1) is 12.7 Å². The Morgan fingerprint density at radius 3 is 2.62 bits per heavy atom. The summed E-state index contributed by atoms with van der Waals surface area (Å²) < 4.78 is 40.7. The first kappa shape index (κ1) is 18.8. The normalized spacial score (nSPS) is 23.7. The summed E-state index contributed by atoms with van der Waals surface area (Å²) in [6, 6.07) is 2.53. The second kappa shape index (κ2) is 6.91. The topological polar surface area (TPSA) is 49.4 Å². The molecule has 0 aromatic heterocycles. The van der Waals surface area contributed by atoms with Gasteiger partial charge in [-0.15, -0.1) is 12.4 Å². The molecule has 120 valence electrons. The van der Waals surface area contributed by atoms with Gasteiger partial charge in [-0.05, 0) is 54.4 Å². The van der Waals surface area contributed by atoms with Gasteiger partial charge in [0.2, 0.25) is 10.0 Å². The second-order valence-corrected chi connectivity index (χ2v) is 7.84. The highest BCUT2D eigenvalue weighted by atomic mass is 79.9. The maximum Gasteiger partial charge on any atom is 0.243 e. The van der Waals surface area contributed by atoms with Crippen LogP contribution < -0.4 is 5.32 Å². The molecule has 1 N–H and O–H groups in total. The van der Waals surface area contributed by atoms with Crippen molar-refractivity contribution in [1.29, 1.82) is 0 Å². The molecule has 1 aromatic rings. The Kier molecular flexibility index (Phi) is 6.20. The minimum Gasteiger partial charge on any atom is -0.311 e. The molecular formula is C13H19BrClFN2O2S. The van der Waals surface area contributed by atoms with Crippen molar-refractivity contribution in [1.82, 2.24) is 9.62 Å². The molecule has 21 heavy (non-hydrogen) atoms. The minimum absolute atomic E-state index is 0. The predicted octanol–water partition coefficient (Wildman–Crippen LogP) is 2.69. The van der Waals surface area contributed by atoms with Crippen molar-refractivity contribution in [3.05, 3.63) is 28.0 Å². The van der Waals surface area contributed by atoms with Crippen molar-refractivity contribution in [3.63, 3.8) is 0 Å². The lowest BCUT2D eigenvalue weighted by molar-refractivity contribution is 0.232. The van der Waals surface area contributed by atoms with Crippen molar-refractivity contribution in [3.8, 4) is 0 Å². The van der Waals surface area contributed by atoms with Crippen LogP contribution in [0.15, 0.2) is 21.5 Å². The molecule has 1 fully saturated rings. The van der Waals surface area contributed by atoms with Crippen LogP contribution in [-0.4, -0.2) is 37.9 Å². The van der Waals surface area contributed by atoms with E-state index in [0.717, 1.165) is 0 Å². The number of rotatable bonds is 2. The highest BCUT2D eigenvalue weighted by Crippen LogP contribution is 2.28. The van der Waals surface area contributed by atoms with Crippen molar-refractivity contribution in [2.45, 2.75) is 37.8 Å². The van der Waals surface area contributed by atoms with Gasteiger partial charge in [0, 0.05) is 25.2 Å². The van der Waals surface area contributed by atoms with E-state index in [1.807, 2.05) is 13.8 Å². The van der Waals surface area contributed by atoms with Crippen LogP contribution in [0.4, 0.5) is 4.39 Å². The summed E-state index contributed by atoms with van der Waals surface area (Å²) in [5.41, 5.74) is 0.420. The molecule has 0 amide bonds. The molecular weight excluding hydrogens is 383 g/mol. The summed E-state index contributed by atoms with van der Waals surface area (Å²) in [5, 5.41) is 3.25. The Bertz CT molecular complexity index is 627. The molecule has 0 radical (unpaired) electrons. The lowest BCUT2D eigenvalue weighted by atomic mass is 10.1. The number of piperazine rings is 1. The lowest BCUT2D eigenvalue weighted by Gasteiger charge is -2.37. The Hall–Kier alpha value is -0.210. The molecule has 0 bridgehead atoms. The molecule has 4 nitrogen and oxygen atoms in total. The second-order valence-electron chi connectivity index (χ2n) is 5.13. The Balaban J connectivity index is 0.00000220. The SMILES string of the molecule is Cc1cc(F)c(Br)cc1S(=O)(=O)N1CCNC(C)C1C.Cl. The molecule has 1 heterocycles. The number of hydrogen-bond acceptors (Lipinski definition) is 3. The van der Waals surface area contributed by atoms with Gasteiger partial charge in [0.1, 0.15) is 5.82 Å². The monoisotopic (exact) mass is 400 g/mol. The largest absolute Gasteiger partial charge is 0.311 e. The van der Waals surface area contributed by atoms with Gasteiger partial charge in [-0.25, -0.2) is 12.8 Å². The molecule has 2 unspecified atom stereocenters. The molecule has 2 rings (SSSR count). The molecule has 1 aliphatic rings. The first-order valence-electron chi connectivity index (χ1n) is 6.46. The molecule has 2 atom stereocenters. The number of sulfonamides is 1. The fourth-order valence-electron chi connectivity index (χ4n) is 2.40. The number of aryl methyl sites for hydroxylation is 1. The first-order valence-corrected chi connectivity index (χ1v) is 8.69. The van der Waals surface area contributed by atoms with E-state index in [0.29, 0.717) is 18.7 Å². The maximum atomic E-state index is 13.5. The van der Waals surface area contributed by atoms with E-state index in [2.05, 4.69) is 21.2 Å². The van der Waals surface area contributed by atoms with Gasteiger partial charge in [0.05, 0.1) is 9.37 Å². The lowest BCUT2D eigenvalue weighted by Crippen LogP contribution is -2.57. The molecule has 0 spiro atoms. The fraction of sp³-hybridized carbons (Fsp3) is 0.538. The molecule has 1 saturated heterocycles. The van der Waals surface area contributed by atoms with Gasteiger partial charge in [-0.2, -0.15) is 4.31 Å². The molecule has 8 heteroatoms. The van der Waals surface area contributed by atoms with E-state index >= 15 is 0 Å². The van der Waals surface area contributed by atoms with Crippen molar-refractivity contribution in [2.24, 2.45) is 0 Å². The van der Waals surface area contributed by atoms with Crippen LogP contribution >= 0.6 is 28.3 Å². The third kappa shape index (κ3) is 3.59. The number of nitrogens with one attached hydrogen (secondary N) is 1. The van der Waals surface area contributed by atoms with Gasteiger partial charge < -0.3 is 5.32 Å². The van der Waals surface area contributed by atoms with Gasteiger partial charge in [-0.3, -0.25) is 0 Å². The van der Waals surface area contributed by atoms with Crippen LogP contribution in [0.1, 0.15) is 19.4 Å².